The minimum Gasteiger partial charge on any atom is -1.00 e. The van der Waals surface area contributed by atoms with Gasteiger partial charge in [-0.1, -0.05) is 31.8 Å². The number of rotatable bonds is 5. The summed E-state index contributed by atoms with van der Waals surface area (Å²) in [6.45, 7) is 7.19. The van der Waals surface area contributed by atoms with Crippen LogP contribution in [0.3, 0.4) is 0 Å². The van der Waals surface area contributed by atoms with Crippen molar-refractivity contribution in [3.8, 4) is 5.75 Å². The minimum atomic E-state index is -3.30. The molecule has 1 unspecified atom stereocenters. The van der Waals surface area contributed by atoms with Crippen molar-refractivity contribution in [3.05, 3.63) is 41.3 Å². The first-order valence-corrected chi connectivity index (χ1v) is 11.7. The van der Waals surface area contributed by atoms with Crippen LogP contribution in [-0.2, 0) is 33.7 Å². The molecule has 0 amide bonds. The van der Waals surface area contributed by atoms with E-state index in [1.807, 2.05) is 0 Å². The number of carbonyl (C=O) groups is 1. The number of carbonyl (C=O) groups excluding carboxylic acids is 1. The maximum absolute atomic E-state index is 15.4. The standard InChI is InChI=1S/C18H24F2O5Si.BrH.Zn/c1-17(2)24-15(21)13(16(22)25-17)14(18(19,20)26(4,5)6)11-7-9-12(23-3)10-8-11;;/h7-10,14,21H,1-6H3;1H;/q;;+2/p-2. The second-order valence-corrected chi connectivity index (χ2v) is 12.8. The van der Waals surface area contributed by atoms with E-state index >= 15 is 8.78 Å². The van der Waals surface area contributed by atoms with Crippen molar-refractivity contribution in [2.24, 2.45) is 0 Å². The number of halogens is 3. The summed E-state index contributed by atoms with van der Waals surface area (Å²) in [6, 6.07) is 5.86. The van der Waals surface area contributed by atoms with Crippen LogP contribution in [0.5, 0.6) is 5.75 Å². The number of hydrogen-bond donors (Lipinski definition) is 0. The summed E-state index contributed by atoms with van der Waals surface area (Å²) in [5.74, 6) is -4.92. The van der Waals surface area contributed by atoms with E-state index in [-0.39, 0.29) is 42.0 Å². The molecule has 0 radical (unpaired) electrons. The first-order valence-electron chi connectivity index (χ1n) is 8.15. The zero-order valence-corrected chi connectivity index (χ0v) is 22.3. The van der Waals surface area contributed by atoms with Gasteiger partial charge in [-0.25, -0.2) is 13.6 Å². The second kappa shape index (κ2) is 9.22. The Morgan fingerprint density at radius 2 is 1.64 bits per heavy atom. The number of cyclic esters (lactones) is 1. The Morgan fingerprint density at radius 3 is 2.04 bits per heavy atom. The molecular weight excluding hydrogens is 508 g/mol. The number of ether oxygens (including phenoxy) is 3. The van der Waals surface area contributed by atoms with Crippen molar-refractivity contribution < 1.29 is 69.4 Å². The van der Waals surface area contributed by atoms with Crippen molar-refractivity contribution >= 4 is 14.0 Å². The van der Waals surface area contributed by atoms with E-state index in [0.717, 1.165) is 0 Å². The summed E-state index contributed by atoms with van der Waals surface area (Å²) < 4.78 is 45.9. The van der Waals surface area contributed by atoms with Gasteiger partial charge < -0.3 is 36.3 Å². The molecule has 1 aromatic carbocycles. The molecule has 28 heavy (non-hydrogen) atoms. The number of alkyl halides is 2. The Balaban J connectivity index is 0.00000364. The monoisotopic (exact) mass is 528 g/mol. The molecule has 1 atom stereocenters. The van der Waals surface area contributed by atoms with Gasteiger partial charge in [0, 0.05) is 0 Å². The van der Waals surface area contributed by atoms with Gasteiger partial charge in [0.25, 0.3) is 0 Å². The first-order chi connectivity index (χ1) is 11.8. The summed E-state index contributed by atoms with van der Waals surface area (Å²) in [7, 11) is -1.68. The topological polar surface area (TPSA) is 67.8 Å². The van der Waals surface area contributed by atoms with Crippen molar-refractivity contribution in [2.75, 3.05) is 7.11 Å². The third kappa shape index (κ3) is 5.33. The maximum atomic E-state index is 15.4. The van der Waals surface area contributed by atoms with Crippen LogP contribution < -0.4 is 26.8 Å². The molecule has 5 nitrogen and oxygen atoms in total. The molecule has 0 saturated heterocycles. The average molecular weight is 531 g/mol. The van der Waals surface area contributed by atoms with Crippen LogP contribution in [0, 0.1) is 0 Å². The largest absolute Gasteiger partial charge is 2.00 e. The van der Waals surface area contributed by atoms with Gasteiger partial charge in [-0.2, -0.15) is 0 Å². The summed E-state index contributed by atoms with van der Waals surface area (Å²) in [4.78, 5) is 12.4. The first kappa shape index (κ1) is 27.0. The Morgan fingerprint density at radius 1 is 1.14 bits per heavy atom. The average Bonchev–Trinajstić information content (AvgIpc) is 2.48. The van der Waals surface area contributed by atoms with E-state index in [4.69, 9.17) is 14.2 Å². The number of esters is 1. The summed E-state index contributed by atoms with van der Waals surface area (Å²) in [6.07, 6.45) is 0. The third-order valence-electron chi connectivity index (χ3n) is 4.22. The van der Waals surface area contributed by atoms with Crippen LogP contribution >= 0.6 is 0 Å². The van der Waals surface area contributed by atoms with Crippen LogP contribution in [0.2, 0.25) is 19.6 Å². The molecule has 152 valence electrons. The smallest absolute Gasteiger partial charge is 1.00 e. The minimum absolute atomic E-state index is 0. The van der Waals surface area contributed by atoms with Gasteiger partial charge in [-0.3, -0.25) is 0 Å². The predicted molar refractivity (Wildman–Crippen MR) is 92.3 cm³/mol. The Kier molecular flexibility index (Phi) is 8.89. The Labute approximate surface area is 188 Å². The fourth-order valence-corrected chi connectivity index (χ4v) is 3.86. The molecular formula is C18H23BrF2O5SiZn. The van der Waals surface area contributed by atoms with Crippen molar-refractivity contribution in [1.29, 1.82) is 0 Å². The van der Waals surface area contributed by atoms with Crippen LogP contribution in [0.25, 0.3) is 0 Å². The molecule has 0 aliphatic carbocycles. The quantitative estimate of drug-likeness (QED) is 0.401. The van der Waals surface area contributed by atoms with Crippen molar-refractivity contribution in [3.63, 3.8) is 0 Å². The van der Waals surface area contributed by atoms with Gasteiger partial charge in [-0.15, -0.1) is 0 Å². The Bertz CT molecular complexity index is 732. The number of benzene rings is 1. The van der Waals surface area contributed by atoms with E-state index in [1.165, 1.54) is 64.9 Å². The van der Waals surface area contributed by atoms with Crippen molar-refractivity contribution in [1.82, 2.24) is 0 Å². The molecule has 0 saturated carbocycles. The van der Waals surface area contributed by atoms with Gasteiger partial charge in [0.15, 0.2) is 5.79 Å². The molecule has 0 N–H and O–H groups in total. The SMILES string of the molecule is COc1ccc(C(C2=C([O-])OC(C)(C)OC2=O)C(F)(F)[Si](C)(C)C)cc1.[Br-].[Zn+2]. The fourth-order valence-electron chi connectivity index (χ4n) is 2.68. The van der Waals surface area contributed by atoms with Crippen LogP contribution in [0.4, 0.5) is 8.78 Å². The molecule has 0 aromatic heterocycles. The van der Waals surface area contributed by atoms with Crippen molar-refractivity contribution in [2.45, 2.75) is 50.7 Å². The molecule has 0 bridgehead atoms. The van der Waals surface area contributed by atoms with E-state index in [2.05, 4.69) is 0 Å². The molecule has 1 aliphatic heterocycles. The summed E-state index contributed by atoms with van der Waals surface area (Å²) in [5.41, 5.74) is -3.85. The van der Waals surface area contributed by atoms with E-state index < -0.39 is 42.8 Å². The molecule has 1 aliphatic rings. The zero-order chi connectivity index (χ0) is 19.9. The third-order valence-corrected chi connectivity index (χ3v) is 6.51. The van der Waals surface area contributed by atoms with Crippen LogP contribution in [0.1, 0.15) is 25.3 Å². The van der Waals surface area contributed by atoms with E-state index in [9.17, 15) is 9.90 Å². The Hall–Kier alpha value is -0.990. The normalized spacial score (nSPS) is 17.5. The summed E-state index contributed by atoms with van der Waals surface area (Å²) in [5, 5.41) is 12.4. The molecule has 10 heteroatoms. The molecule has 0 fully saturated rings. The van der Waals surface area contributed by atoms with Gasteiger partial charge in [0.1, 0.15) is 13.8 Å². The molecule has 1 aromatic rings. The van der Waals surface area contributed by atoms with Gasteiger partial charge in [0.2, 0.25) is 5.55 Å². The molecule has 2 rings (SSSR count). The van der Waals surface area contributed by atoms with Crippen LogP contribution in [0.15, 0.2) is 35.8 Å². The second-order valence-electron chi connectivity index (χ2n) is 7.67. The van der Waals surface area contributed by atoms with Crippen LogP contribution in [-0.4, -0.2) is 32.5 Å². The van der Waals surface area contributed by atoms with Gasteiger partial charge in [0.05, 0.1) is 24.5 Å². The van der Waals surface area contributed by atoms with E-state index in [0.29, 0.717) is 5.75 Å². The maximum Gasteiger partial charge on any atom is 2.00 e. The number of methoxy groups -OCH3 is 1. The number of hydrogen-bond acceptors (Lipinski definition) is 5. The van der Waals surface area contributed by atoms with E-state index in [1.54, 1.807) is 0 Å². The van der Waals surface area contributed by atoms with Gasteiger partial charge in [-0.05, 0) is 31.5 Å². The summed E-state index contributed by atoms with van der Waals surface area (Å²) >= 11 is 0. The fraction of sp³-hybridized carbons (Fsp3) is 0.500. The predicted octanol–water partition coefficient (Wildman–Crippen LogP) is 0.174. The molecule has 0 spiro atoms. The van der Waals surface area contributed by atoms with Gasteiger partial charge >= 0.3 is 25.4 Å². The zero-order valence-electron chi connectivity index (χ0n) is 16.8. The molecule has 1 heterocycles.